The minimum Gasteiger partial charge on any atom is -0.497 e. The predicted molar refractivity (Wildman–Crippen MR) is 111 cm³/mol. The Labute approximate surface area is 165 Å². The molecule has 0 unspecified atom stereocenters. The lowest BCUT2D eigenvalue weighted by atomic mass is 9.96. The topological polar surface area (TPSA) is 80.0 Å². The number of allylic oxidation sites excluding steroid dienone is 1. The first-order valence-corrected chi connectivity index (χ1v) is 8.97. The first-order valence-electron chi connectivity index (χ1n) is 8.97. The van der Waals surface area contributed by atoms with Crippen LogP contribution in [-0.4, -0.2) is 34.2 Å². The van der Waals surface area contributed by atoms with E-state index in [1.165, 1.54) is 14.2 Å². The molecule has 0 aromatic heterocycles. The maximum absolute atomic E-state index is 13.3. The van der Waals surface area contributed by atoms with E-state index >= 15 is 0 Å². The Morgan fingerprint density at radius 1 is 0.964 bits per heavy atom. The maximum atomic E-state index is 13.3. The third-order valence-corrected chi connectivity index (χ3v) is 4.34. The summed E-state index contributed by atoms with van der Waals surface area (Å²) < 4.78 is 21.3. The molecule has 28 heavy (non-hydrogen) atoms. The molecule has 0 fully saturated rings. The summed E-state index contributed by atoms with van der Waals surface area (Å²) in [6.07, 6.45) is 3.26. The molecular weight excluding hydrogens is 358 g/mol. The largest absolute Gasteiger partial charge is 0.497 e. The van der Waals surface area contributed by atoms with E-state index in [9.17, 15) is 4.79 Å². The second-order valence-electron chi connectivity index (χ2n) is 6.16. The minimum atomic E-state index is -0.148. The number of ketones is 1. The van der Waals surface area contributed by atoms with Gasteiger partial charge in [-0.3, -0.25) is 4.79 Å². The molecule has 2 N–H and O–H groups in total. The Balaban J connectivity index is 2.55. The summed E-state index contributed by atoms with van der Waals surface area (Å²) in [5, 5.41) is 0. The van der Waals surface area contributed by atoms with Crippen molar-refractivity contribution in [3.8, 4) is 23.0 Å². The van der Waals surface area contributed by atoms with Gasteiger partial charge in [-0.15, -0.1) is 0 Å². The van der Waals surface area contributed by atoms with Crippen LogP contribution < -0.4 is 24.7 Å². The first kappa shape index (κ1) is 21.2. The summed E-state index contributed by atoms with van der Waals surface area (Å²) in [6.45, 7) is 2.02. The van der Waals surface area contributed by atoms with Crippen molar-refractivity contribution in [3.05, 3.63) is 47.0 Å². The van der Waals surface area contributed by atoms with E-state index in [1.54, 1.807) is 38.5 Å². The van der Waals surface area contributed by atoms with Crippen molar-refractivity contribution < 1.29 is 23.7 Å². The fraction of sp³-hybridized carbons (Fsp3) is 0.318. The number of hydrogen-bond donors (Lipinski definition) is 1. The molecule has 0 aliphatic rings. The molecule has 2 rings (SSSR count). The van der Waals surface area contributed by atoms with Crippen LogP contribution in [0.5, 0.6) is 23.0 Å². The van der Waals surface area contributed by atoms with E-state index in [1.807, 2.05) is 19.1 Å². The molecule has 0 radical (unpaired) electrons. The van der Waals surface area contributed by atoms with Crippen molar-refractivity contribution in [2.24, 2.45) is 0 Å². The van der Waals surface area contributed by atoms with Crippen LogP contribution in [0.3, 0.4) is 0 Å². The van der Waals surface area contributed by atoms with Gasteiger partial charge in [0.1, 0.15) is 11.5 Å². The summed E-state index contributed by atoms with van der Waals surface area (Å²) in [4.78, 5) is 13.3. The lowest BCUT2D eigenvalue weighted by Gasteiger charge is -2.15. The Bertz CT molecular complexity index is 873. The van der Waals surface area contributed by atoms with Crippen molar-refractivity contribution in [1.29, 1.82) is 0 Å². The number of ether oxygens (including phenoxy) is 4. The number of carbonyl (C=O) groups is 1. The summed E-state index contributed by atoms with van der Waals surface area (Å²) in [7, 11) is 6.14. The van der Waals surface area contributed by atoms with Gasteiger partial charge in [0.15, 0.2) is 17.3 Å². The monoisotopic (exact) mass is 385 g/mol. The summed E-state index contributed by atoms with van der Waals surface area (Å²) in [6, 6.07) is 8.77. The normalized spacial score (nSPS) is 11.1. The third-order valence-electron chi connectivity index (χ3n) is 4.34. The molecule has 0 amide bonds. The molecule has 0 aliphatic heterocycles. The summed E-state index contributed by atoms with van der Waals surface area (Å²) in [5.74, 6) is 1.79. The van der Waals surface area contributed by atoms with Crippen molar-refractivity contribution in [3.63, 3.8) is 0 Å². The zero-order valence-corrected chi connectivity index (χ0v) is 17.0. The van der Waals surface area contributed by atoms with Gasteiger partial charge in [0.25, 0.3) is 0 Å². The van der Waals surface area contributed by atoms with Crippen molar-refractivity contribution in [2.75, 3.05) is 34.2 Å². The Kier molecular flexibility index (Phi) is 7.32. The third kappa shape index (κ3) is 4.57. The lowest BCUT2D eigenvalue weighted by Crippen LogP contribution is -2.08. The molecule has 0 atom stereocenters. The maximum Gasteiger partial charge on any atom is 0.193 e. The molecule has 2 aromatic carbocycles. The number of nitrogens with two attached hydrogens (primary N) is 1. The van der Waals surface area contributed by atoms with Crippen LogP contribution in [0.4, 0.5) is 5.69 Å². The van der Waals surface area contributed by atoms with Crippen LogP contribution in [-0.2, 0) is 0 Å². The molecule has 0 heterocycles. The van der Waals surface area contributed by atoms with Crippen molar-refractivity contribution in [1.82, 2.24) is 0 Å². The zero-order valence-electron chi connectivity index (χ0n) is 17.0. The first-order chi connectivity index (χ1) is 13.5. The van der Waals surface area contributed by atoms with Gasteiger partial charge in [-0.05, 0) is 36.3 Å². The van der Waals surface area contributed by atoms with Crippen molar-refractivity contribution >= 4 is 17.5 Å². The number of carbonyl (C=O) groups excluding carboxylic acids is 1. The number of rotatable bonds is 9. The van der Waals surface area contributed by atoms with Crippen LogP contribution in [0.2, 0.25) is 0 Å². The zero-order chi connectivity index (χ0) is 20.7. The highest BCUT2D eigenvalue weighted by Crippen LogP contribution is 2.37. The van der Waals surface area contributed by atoms with E-state index in [4.69, 9.17) is 24.7 Å². The standard InChI is InChI=1S/C22H27NO5/c1-6-7-15(10-14-8-9-19(26-3)18(23)11-14)21(24)17-12-16(25-2)13-20(27-4)22(17)28-5/h8-13H,6-7,23H2,1-5H3. The molecule has 0 bridgehead atoms. The van der Waals surface area contributed by atoms with Crippen LogP contribution in [0, 0.1) is 0 Å². The molecular formula is C22H27NO5. The van der Waals surface area contributed by atoms with Gasteiger partial charge in [0, 0.05) is 11.6 Å². The highest BCUT2D eigenvalue weighted by atomic mass is 16.5. The van der Waals surface area contributed by atoms with E-state index in [0.717, 1.165) is 12.0 Å². The van der Waals surface area contributed by atoms with Crippen molar-refractivity contribution in [2.45, 2.75) is 19.8 Å². The molecule has 6 heteroatoms. The second kappa shape index (κ2) is 9.69. The number of benzene rings is 2. The van der Waals surface area contributed by atoms with Gasteiger partial charge in [0.05, 0.1) is 39.7 Å². The fourth-order valence-electron chi connectivity index (χ4n) is 2.96. The average Bonchev–Trinajstić information content (AvgIpc) is 2.71. The van der Waals surface area contributed by atoms with Crippen LogP contribution in [0.15, 0.2) is 35.9 Å². The number of hydrogen-bond acceptors (Lipinski definition) is 6. The van der Waals surface area contributed by atoms with Crippen LogP contribution in [0.25, 0.3) is 6.08 Å². The Morgan fingerprint density at radius 3 is 2.21 bits per heavy atom. The minimum absolute atomic E-state index is 0.148. The highest BCUT2D eigenvalue weighted by molar-refractivity contribution is 6.13. The highest BCUT2D eigenvalue weighted by Gasteiger charge is 2.22. The van der Waals surface area contributed by atoms with E-state index in [-0.39, 0.29) is 5.78 Å². The molecule has 0 saturated heterocycles. The lowest BCUT2D eigenvalue weighted by molar-refractivity contribution is 0.102. The SMILES string of the molecule is CCCC(=Cc1ccc(OC)c(N)c1)C(=O)c1cc(OC)cc(OC)c1OC. The van der Waals surface area contributed by atoms with E-state index in [0.29, 0.717) is 46.2 Å². The molecule has 6 nitrogen and oxygen atoms in total. The number of methoxy groups -OCH3 is 4. The predicted octanol–water partition coefficient (Wildman–Crippen LogP) is 4.37. The second-order valence-corrected chi connectivity index (χ2v) is 6.16. The molecule has 0 spiro atoms. The smallest absolute Gasteiger partial charge is 0.193 e. The number of nitrogen functional groups attached to an aromatic ring is 1. The Hall–Kier alpha value is -3.15. The summed E-state index contributed by atoms with van der Waals surface area (Å²) >= 11 is 0. The Morgan fingerprint density at radius 2 is 1.68 bits per heavy atom. The molecule has 0 saturated carbocycles. The molecule has 0 aliphatic carbocycles. The fourth-order valence-corrected chi connectivity index (χ4v) is 2.96. The summed E-state index contributed by atoms with van der Waals surface area (Å²) in [5.41, 5.74) is 8.36. The molecule has 150 valence electrons. The quantitative estimate of drug-likeness (QED) is 0.392. The average molecular weight is 385 g/mol. The van der Waals surface area contributed by atoms with Gasteiger partial charge >= 0.3 is 0 Å². The van der Waals surface area contributed by atoms with Crippen LogP contribution in [0.1, 0.15) is 35.7 Å². The number of anilines is 1. The van der Waals surface area contributed by atoms with Gasteiger partial charge in [-0.1, -0.05) is 19.4 Å². The van der Waals surface area contributed by atoms with Gasteiger partial charge in [-0.25, -0.2) is 0 Å². The molecule has 2 aromatic rings. The van der Waals surface area contributed by atoms with Crippen LogP contribution >= 0.6 is 0 Å². The van der Waals surface area contributed by atoms with Gasteiger partial charge in [0.2, 0.25) is 0 Å². The number of Topliss-reactive ketones (excluding diaryl/α,β-unsaturated/α-hetero) is 1. The van der Waals surface area contributed by atoms with E-state index in [2.05, 4.69) is 0 Å². The van der Waals surface area contributed by atoms with E-state index < -0.39 is 0 Å². The van der Waals surface area contributed by atoms with Gasteiger partial charge in [-0.2, -0.15) is 0 Å². The van der Waals surface area contributed by atoms with Gasteiger partial charge < -0.3 is 24.7 Å².